The summed E-state index contributed by atoms with van der Waals surface area (Å²) in [6, 6.07) is 11.2. The Morgan fingerprint density at radius 2 is 1.57 bits per heavy atom. The molecule has 9 nitrogen and oxygen atoms in total. The smallest absolute Gasteiger partial charge is 0.243 e. The van der Waals surface area contributed by atoms with E-state index in [1.54, 1.807) is 12.1 Å². The van der Waals surface area contributed by atoms with Crippen molar-refractivity contribution in [3.63, 3.8) is 0 Å². The van der Waals surface area contributed by atoms with Gasteiger partial charge in [-0.15, -0.1) is 0 Å². The summed E-state index contributed by atoms with van der Waals surface area (Å²) in [7, 11) is -3.04. The first-order valence-corrected chi connectivity index (χ1v) is 14.3. The number of amides is 1. The lowest BCUT2D eigenvalue weighted by Crippen LogP contribution is -2.41. The van der Waals surface area contributed by atoms with Gasteiger partial charge >= 0.3 is 0 Å². The normalized spacial score (nSPS) is 16.0. The topological polar surface area (TPSA) is 113 Å². The first-order valence-electron chi connectivity index (χ1n) is 11.4. The third kappa shape index (κ3) is 5.85. The Hall–Kier alpha value is -2.47. The lowest BCUT2D eigenvalue weighted by molar-refractivity contribution is -0.120. The fraction of sp³-hybridized carbons (Fsp3) is 0.458. The average molecular weight is 524 g/mol. The Labute approximate surface area is 208 Å². The molecular formula is C24H33N3O6S2. The summed E-state index contributed by atoms with van der Waals surface area (Å²) in [5.74, 6) is -0.0751. The molecule has 0 spiro atoms. The molecule has 192 valence electrons. The Morgan fingerprint density at radius 1 is 1.00 bits per heavy atom. The number of hydrogen-bond acceptors (Lipinski definition) is 6. The minimum atomic E-state index is -3.69. The molecule has 0 aliphatic carbocycles. The van der Waals surface area contributed by atoms with Gasteiger partial charge in [0.25, 0.3) is 0 Å². The highest BCUT2D eigenvalue weighted by molar-refractivity contribution is 7.89. The van der Waals surface area contributed by atoms with Crippen molar-refractivity contribution in [2.45, 2.75) is 42.4 Å². The van der Waals surface area contributed by atoms with Crippen LogP contribution in [0.25, 0.3) is 0 Å². The molecule has 0 atom stereocenters. The Morgan fingerprint density at radius 3 is 2.09 bits per heavy atom. The molecule has 1 heterocycles. The number of sulfonamides is 2. The van der Waals surface area contributed by atoms with Crippen molar-refractivity contribution in [2.75, 3.05) is 39.6 Å². The van der Waals surface area contributed by atoms with Gasteiger partial charge in [-0.25, -0.2) is 21.1 Å². The highest BCUT2D eigenvalue weighted by Crippen LogP contribution is 2.31. The summed E-state index contributed by atoms with van der Waals surface area (Å²) in [6.07, 6.45) is 0.709. The maximum Gasteiger partial charge on any atom is 0.243 e. The van der Waals surface area contributed by atoms with Crippen molar-refractivity contribution in [3.8, 4) is 5.75 Å². The second kappa shape index (κ2) is 10.7. The van der Waals surface area contributed by atoms with Crippen LogP contribution >= 0.6 is 0 Å². The van der Waals surface area contributed by atoms with Crippen molar-refractivity contribution < 1.29 is 26.4 Å². The van der Waals surface area contributed by atoms with Gasteiger partial charge in [-0.05, 0) is 54.7 Å². The molecule has 0 saturated carbocycles. The molecule has 35 heavy (non-hydrogen) atoms. The first-order chi connectivity index (χ1) is 16.4. The van der Waals surface area contributed by atoms with Crippen molar-refractivity contribution in [3.05, 3.63) is 48.0 Å². The largest absolute Gasteiger partial charge is 0.495 e. The quantitative estimate of drug-likeness (QED) is 0.569. The zero-order valence-corrected chi connectivity index (χ0v) is 22.3. The number of hydrogen-bond donors (Lipinski definition) is 1. The predicted octanol–water partition coefficient (Wildman–Crippen LogP) is 3.11. The van der Waals surface area contributed by atoms with Gasteiger partial charge in [0, 0.05) is 33.1 Å². The molecule has 2 aromatic carbocycles. The molecule has 1 aliphatic rings. The number of rotatable bonds is 8. The van der Waals surface area contributed by atoms with Gasteiger partial charge in [-0.2, -0.15) is 4.31 Å². The number of carbonyl (C=O) groups is 1. The monoisotopic (exact) mass is 523 g/mol. The first kappa shape index (κ1) is 27.1. The third-order valence-corrected chi connectivity index (χ3v) is 9.94. The standard InChI is InChI=1S/C24H33N3O6S2/c1-17(2)18-6-8-20(9-7-18)35(31,32)27-14-12-19(13-15-27)24(28)25-22-16-21(10-11-23(22)33-5)34(29,30)26(3)4/h6-11,16-17,19H,12-15H2,1-5H3,(H,25,28). The molecule has 0 unspecified atom stereocenters. The fourth-order valence-corrected chi connectivity index (χ4v) is 6.32. The SMILES string of the molecule is COc1ccc(S(=O)(=O)N(C)C)cc1NC(=O)C1CCN(S(=O)(=O)c2ccc(C(C)C)cc2)CC1. The second-order valence-corrected chi connectivity index (χ2v) is 13.1. The van der Waals surface area contributed by atoms with Crippen LogP contribution in [-0.4, -0.2) is 65.6 Å². The maximum absolute atomic E-state index is 13.1. The van der Waals surface area contributed by atoms with E-state index < -0.39 is 26.0 Å². The summed E-state index contributed by atoms with van der Waals surface area (Å²) in [5.41, 5.74) is 1.32. The van der Waals surface area contributed by atoms with Gasteiger partial charge in [0.05, 0.1) is 22.6 Å². The van der Waals surface area contributed by atoms with Crippen LogP contribution in [0.4, 0.5) is 5.69 Å². The number of nitrogens with zero attached hydrogens (tertiary/aromatic N) is 2. The Bertz CT molecular complexity index is 1260. The summed E-state index contributed by atoms with van der Waals surface area (Å²) < 4.78 is 58.9. The number of ether oxygens (including phenoxy) is 1. The average Bonchev–Trinajstić information content (AvgIpc) is 2.83. The summed E-state index contributed by atoms with van der Waals surface area (Å²) >= 11 is 0. The molecule has 1 fully saturated rings. The molecule has 3 rings (SSSR count). The molecule has 1 aliphatic heterocycles. The van der Waals surface area contributed by atoms with E-state index in [1.165, 1.54) is 43.7 Å². The zero-order valence-electron chi connectivity index (χ0n) is 20.7. The van der Waals surface area contributed by atoms with Crippen molar-refractivity contribution in [1.82, 2.24) is 8.61 Å². The molecule has 1 amide bonds. The Kier molecular flexibility index (Phi) is 8.25. The lowest BCUT2D eigenvalue weighted by atomic mass is 9.97. The van der Waals surface area contributed by atoms with Crippen LogP contribution in [0.15, 0.2) is 52.3 Å². The van der Waals surface area contributed by atoms with Crippen LogP contribution in [0.1, 0.15) is 38.2 Å². The maximum atomic E-state index is 13.1. The van der Waals surface area contributed by atoms with E-state index in [0.717, 1.165) is 9.87 Å². The highest BCUT2D eigenvalue weighted by Gasteiger charge is 2.32. The summed E-state index contributed by atoms with van der Waals surface area (Å²) in [6.45, 7) is 4.54. The van der Waals surface area contributed by atoms with Crippen molar-refractivity contribution >= 4 is 31.6 Å². The van der Waals surface area contributed by atoms with Crippen LogP contribution in [-0.2, 0) is 24.8 Å². The number of anilines is 1. The van der Waals surface area contributed by atoms with Crippen molar-refractivity contribution in [1.29, 1.82) is 0 Å². The van der Waals surface area contributed by atoms with Gasteiger partial charge in [0.15, 0.2) is 0 Å². The number of carbonyl (C=O) groups excluding carboxylic acids is 1. The van der Waals surface area contributed by atoms with Crippen LogP contribution in [0.3, 0.4) is 0 Å². The van der Waals surface area contributed by atoms with E-state index >= 15 is 0 Å². The van der Waals surface area contributed by atoms with E-state index in [0.29, 0.717) is 24.5 Å². The fourth-order valence-electron chi connectivity index (χ4n) is 3.92. The molecule has 2 aromatic rings. The lowest BCUT2D eigenvalue weighted by Gasteiger charge is -2.30. The number of piperidine rings is 1. The van der Waals surface area contributed by atoms with Gasteiger partial charge in [0.2, 0.25) is 26.0 Å². The van der Waals surface area contributed by atoms with E-state index in [4.69, 9.17) is 4.74 Å². The van der Waals surface area contributed by atoms with E-state index in [1.807, 2.05) is 26.0 Å². The molecule has 0 bridgehead atoms. The van der Waals surface area contributed by atoms with Crippen LogP contribution in [0, 0.1) is 5.92 Å². The van der Waals surface area contributed by atoms with Gasteiger partial charge in [0.1, 0.15) is 5.75 Å². The number of methoxy groups -OCH3 is 1. The molecule has 0 aromatic heterocycles. The highest BCUT2D eigenvalue weighted by atomic mass is 32.2. The van der Waals surface area contributed by atoms with Gasteiger partial charge in [-0.3, -0.25) is 4.79 Å². The second-order valence-electron chi connectivity index (χ2n) is 9.04. The summed E-state index contributed by atoms with van der Waals surface area (Å²) in [5, 5.41) is 2.77. The molecule has 11 heteroatoms. The molecule has 1 saturated heterocycles. The van der Waals surface area contributed by atoms with E-state index in [2.05, 4.69) is 5.32 Å². The minimum Gasteiger partial charge on any atom is -0.495 e. The molecular weight excluding hydrogens is 490 g/mol. The zero-order chi connectivity index (χ0) is 26.0. The summed E-state index contributed by atoms with van der Waals surface area (Å²) in [4.78, 5) is 13.2. The third-order valence-electron chi connectivity index (χ3n) is 6.22. The van der Waals surface area contributed by atoms with Crippen LogP contribution in [0.5, 0.6) is 5.75 Å². The van der Waals surface area contributed by atoms with E-state index in [9.17, 15) is 21.6 Å². The molecule has 0 radical (unpaired) electrons. The minimum absolute atomic E-state index is 0.0306. The van der Waals surface area contributed by atoms with Crippen LogP contribution < -0.4 is 10.1 Å². The van der Waals surface area contributed by atoms with Gasteiger partial charge in [-0.1, -0.05) is 26.0 Å². The van der Waals surface area contributed by atoms with E-state index in [-0.39, 0.29) is 34.5 Å². The van der Waals surface area contributed by atoms with Crippen LogP contribution in [0.2, 0.25) is 0 Å². The number of nitrogens with one attached hydrogen (secondary N) is 1. The molecule has 1 N–H and O–H groups in total. The predicted molar refractivity (Wildman–Crippen MR) is 135 cm³/mol. The number of benzene rings is 2. The van der Waals surface area contributed by atoms with Crippen molar-refractivity contribution in [2.24, 2.45) is 5.92 Å². The Balaban J connectivity index is 1.70. The van der Waals surface area contributed by atoms with Gasteiger partial charge < -0.3 is 10.1 Å².